The molecule has 0 fully saturated rings. The van der Waals surface area contributed by atoms with Crippen LogP contribution in [0.25, 0.3) is 0 Å². The van der Waals surface area contributed by atoms with Gasteiger partial charge in [-0.15, -0.1) is 0 Å². The van der Waals surface area contributed by atoms with Crippen LogP contribution in [-0.2, 0) is 6.42 Å². The van der Waals surface area contributed by atoms with E-state index in [9.17, 15) is 4.39 Å². The first-order valence-corrected chi connectivity index (χ1v) is 7.02. The molecule has 0 saturated heterocycles. The Labute approximate surface area is 119 Å². The largest absolute Gasteiger partial charge is 0.362 e. The second-order valence-electron chi connectivity index (χ2n) is 5.43. The highest BCUT2D eigenvalue weighted by molar-refractivity contribution is 5.59. The summed E-state index contributed by atoms with van der Waals surface area (Å²) in [5.74, 6) is -0.208. The summed E-state index contributed by atoms with van der Waals surface area (Å²) in [7, 11) is 0. The van der Waals surface area contributed by atoms with Crippen LogP contribution in [0.2, 0.25) is 0 Å². The molecule has 0 saturated carbocycles. The normalized spacial score (nSPS) is 16.9. The van der Waals surface area contributed by atoms with Crippen LogP contribution in [0.15, 0.2) is 48.5 Å². The maximum atomic E-state index is 13.5. The van der Waals surface area contributed by atoms with Gasteiger partial charge in [0, 0.05) is 18.3 Å². The zero-order valence-electron chi connectivity index (χ0n) is 11.6. The van der Waals surface area contributed by atoms with Gasteiger partial charge in [-0.1, -0.05) is 30.3 Å². The first kappa shape index (κ1) is 13.1. The Morgan fingerprint density at radius 3 is 2.70 bits per heavy atom. The lowest BCUT2D eigenvalue weighted by atomic mass is 9.99. The molecule has 2 aromatic rings. The van der Waals surface area contributed by atoms with Crippen LogP contribution in [0.1, 0.15) is 24.1 Å². The molecule has 1 heterocycles. The molecule has 2 N–H and O–H groups in total. The predicted octanol–water partition coefficient (Wildman–Crippen LogP) is 3.28. The average molecular weight is 270 g/mol. The van der Waals surface area contributed by atoms with Crippen molar-refractivity contribution >= 4 is 5.69 Å². The van der Waals surface area contributed by atoms with Crippen molar-refractivity contribution in [3.63, 3.8) is 0 Å². The summed E-state index contributed by atoms with van der Waals surface area (Å²) in [5.41, 5.74) is 9.70. The highest BCUT2D eigenvalue weighted by atomic mass is 19.1. The number of para-hydroxylation sites is 1. The molecular weight excluding hydrogens is 251 g/mol. The van der Waals surface area contributed by atoms with Gasteiger partial charge in [-0.05, 0) is 42.7 Å². The summed E-state index contributed by atoms with van der Waals surface area (Å²) in [4.78, 5) is 2.30. The van der Waals surface area contributed by atoms with E-state index >= 15 is 0 Å². The van der Waals surface area contributed by atoms with E-state index in [1.807, 2.05) is 19.1 Å². The van der Waals surface area contributed by atoms with Crippen LogP contribution in [0.5, 0.6) is 0 Å². The summed E-state index contributed by atoms with van der Waals surface area (Å²) < 4.78 is 13.5. The maximum absolute atomic E-state index is 13.5. The Bertz CT molecular complexity index is 609. The van der Waals surface area contributed by atoms with E-state index in [1.165, 1.54) is 17.3 Å². The van der Waals surface area contributed by atoms with E-state index in [1.54, 1.807) is 12.1 Å². The highest BCUT2D eigenvalue weighted by Crippen LogP contribution is 2.36. The second kappa shape index (κ2) is 5.25. The molecule has 1 aliphatic heterocycles. The highest BCUT2D eigenvalue weighted by Gasteiger charge is 2.29. The molecule has 0 amide bonds. The molecule has 3 rings (SSSR count). The van der Waals surface area contributed by atoms with Gasteiger partial charge in [-0.3, -0.25) is 0 Å². The molecule has 0 aromatic heterocycles. The molecule has 1 aliphatic rings. The van der Waals surface area contributed by atoms with Gasteiger partial charge >= 0.3 is 0 Å². The number of benzene rings is 2. The summed E-state index contributed by atoms with van der Waals surface area (Å²) >= 11 is 0. The number of nitrogens with zero attached hydrogens (tertiary/aromatic N) is 1. The van der Waals surface area contributed by atoms with Crippen molar-refractivity contribution in [3.05, 3.63) is 65.5 Å². The Morgan fingerprint density at radius 2 is 1.95 bits per heavy atom. The summed E-state index contributed by atoms with van der Waals surface area (Å²) in [5, 5.41) is 0. The van der Waals surface area contributed by atoms with Crippen molar-refractivity contribution in [3.8, 4) is 0 Å². The van der Waals surface area contributed by atoms with Crippen molar-refractivity contribution in [2.75, 3.05) is 11.4 Å². The van der Waals surface area contributed by atoms with Crippen LogP contribution in [0, 0.1) is 5.82 Å². The summed E-state index contributed by atoms with van der Waals surface area (Å²) in [6.07, 6.45) is 1.02. The molecule has 0 radical (unpaired) electrons. The lowest BCUT2D eigenvalue weighted by Crippen LogP contribution is -2.38. The minimum absolute atomic E-state index is 0.00866. The van der Waals surface area contributed by atoms with Crippen molar-refractivity contribution in [1.82, 2.24) is 0 Å². The number of fused-ring (bicyclic) bond motifs is 1. The number of hydrogen-bond acceptors (Lipinski definition) is 2. The zero-order chi connectivity index (χ0) is 14.1. The Morgan fingerprint density at radius 1 is 1.15 bits per heavy atom. The van der Waals surface area contributed by atoms with Crippen LogP contribution in [-0.4, -0.2) is 12.6 Å². The van der Waals surface area contributed by atoms with Crippen molar-refractivity contribution in [1.29, 1.82) is 0 Å². The predicted molar refractivity (Wildman–Crippen MR) is 80.3 cm³/mol. The number of anilines is 1. The van der Waals surface area contributed by atoms with E-state index in [4.69, 9.17) is 5.73 Å². The van der Waals surface area contributed by atoms with Gasteiger partial charge < -0.3 is 10.6 Å². The van der Waals surface area contributed by atoms with Gasteiger partial charge in [0.25, 0.3) is 0 Å². The number of nitrogens with two attached hydrogens (primary N) is 1. The minimum Gasteiger partial charge on any atom is -0.362 e. The van der Waals surface area contributed by atoms with Gasteiger partial charge in [-0.2, -0.15) is 0 Å². The fraction of sp³-hybridized carbons (Fsp3) is 0.294. The van der Waals surface area contributed by atoms with Gasteiger partial charge in [-0.25, -0.2) is 4.39 Å². The SMILES string of the molecule is CC(N)C(c1cccc(F)c1)N1CCc2ccccc21. The van der Waals surface area contributed by atoms with E-state index in [2.05, 4.69) is 23.1 Å². The molecule has 2 nitrogen and oxygen atoms in total. The van der Waals surface area contributed by atoms with Gasteiger partial charge in [0.15, 0.2) is 0 Å². The summed E-state index contributed by atoms with van der Waals surface area (Å²) in [6.45, 7) is 2.92. The van der Waals surface area contributed by atoms with Crippen molar-refractivity contribution in [2.45, 2.75) is 25.4 Å². The quantitative estimate of drug-likeness (QED) is 0.927. The third kappa shape index (κ3) is 2.29. The van der Waals surface area contributed by atoms with Crippen LogP contribution in [0.3, 0.4) is 0 Å². The van der Waals surface area contributed by atoms with E-state index in [0.717, 1.165) is 18.5 Å². The summed E-state index contributed by atoms with van der Waals surface area (Å²) in [6, 6.07) is 15.1. The first-order valence-electron chi connectivity index (χ1n) is 7.02. The third-order valence-electron chi connectivity index (χ3n) is 3.95. The Kier molecular flexibility index (Phi) is 3.45. The standard InChI is InChI=1S/C17H19FN2/c1-12(19)17(14-6-4-7-15(18)11-14)20-10-9-13-5-2-3-8-16(13)20/h2-8,11-12,17H,9-10,19H2,1H3. The monoisotopic (exact) mass is 270 g/mol. The fourth-order valence-electron chi connectivity index (χ4n) is 3.11. The average Bonchev–Trinajstić information content (AvgIpc) is 2.83. The second-order valence-corrected chi connectivity index (χ2v) is 5.43. The molecule has 2 unspecified atom stereocenters. The molecule has 0 aliphatic carbocycles. The van der Waals surface area contributed by atoms with Crippen LogP contribution >= 0.6 is 0 Å². The van der Waals surface area contributed by atoms with Gasteiger partial charge in [0.2, 0.25) is 0 Å². The zero-order valence-corrected chi connectivity index (χ0v) is 11.6. The first-order chi connectivity index (χ1) is 9.66. The van der Waals surface area contributed by atoms with Crippen LogP contribution in [0.4, 0.5) is 10.1 Å². The molecule has 0 spiro atoms. The number of hydrogen-bond donors (Lipinski definition) is 1. The molecule has 20 heavy (non-hydrogen) atoms. The lowest BCUT2D eigenvalue weighted by Gasteiger charge is -2.33. The number of rotatable bonds is 3. The van der Waals surface area contributed by atoms with Crippen LogP contribution < -0.4 is 10.6 Å². The molecule has 3 heteroatoms. The lowest BCUT2D eigenvalue weighted by molar-refractivity contribution is 0.536. The molecule has 2 aromatic carbocycles. The van der Waals surface area contributed by atoms with Crippen molar-refractivity contribution in [2.24, 2.45) is 5.73 Å². The fourth-order valence-corrected chi connectivity index (χ4v) is 3.11. The Hall–Kier alpha value is -1.87. The topological polar surface area (TPSA) is 29.3 Å². The maximum Gasteiger partial charge on any atom is 0.123 e. The molecule has 0 bridgehead atoms. The van der Waals surface area contributed by atoms with E-state index in [0.29, 0.717) is 0 Å². The molecule has 2 atom stereocenters. The molecular formula is C17H19FN2. The van der Waals surface area contributed by atoms with E-state index in [-0.39, 0.29) is 17.9 Å². The van der Waals surface area contributed by atoms with Gasteiger partial charge in [0.05, 0.1) is 6.04 Å². The number of halogens is 1. The third-order valence-corrected chi connectivity index (χ3v) is 3.95. The minimum atomic E-state index is -0.208. The molecule has 104 valence electrons. The Balaban J connectivity index is 2.01. The van der Waals surface area contributed by atoms with E-state index < -0.39 is 0 Å². The van der Waals surface area contributed by atoms with Gasteiger partial charge in [0.1, 0.15) is 5.82 Å². The van der Waals surface area contributed by atoms with Crippen molar-refractivity contribution < 1.29 is 4.39 Å². The smallest absolute Gasteiger partial charge is 0.123 e.